The van der Waals surface area contributed by atoms with Crippen LogP contribution in [0.25, 0.3) is 0 Å². The number of hydrogen-bond donors (Lipinski definition) is 1. The first-order valence-electron chi connectivity index (χ1n) is 6.38. The van der Waals surface area contributed by atoms with E-state index >= 15 is 0 Å². The van der Waals surface area contributed by atoms with Crippen molar-refractivity contribution in [1.29, 1.82) is 0 Å². The Morgan fingerprint density at radius 1 is 1.32 bits per heavy atom. The highest BCUT2D eigenvalue weighted by atomic mass is 35.5. The molecule has 0 spiro atoms. The molecule has 2 N–H and O–H groups in total. The summed E-state index contributed by atoms with van der Waals surface area (Å²) in [5.74, 6) is 0. The molecular formula is C13H20ClN3O2. The van der Waals surface area contributed by atoms with Gasteiger partial charge in [-0.15, -0.1) is 12.4 Å². The molecule has 0 aliphatic carbocycles. The molecule has 1 fully saturated rings. The van der Waals surface area contributed by atoms with E-state index in [2.05, 4.69) is 4.90 Å². The SMILES string of the molecule is Cl.NCC1CCCCN1Cc1ccc([N+](=O)[O-])cc1. The van der Waals surface area contributed by atoms with Crippen molar-refractivity contribution in [3.8, 4) is 0 Å². The molecule has 106 valence electrons. The molecule has 1 saturated heterocycles. The van der Waals surface area contributed by atoms with Crippen LogP contribution in [0.1, 0.15) is 24.8 Å². The number of rotatable bonds is 4. The molecule has 5 nitrogen and oxygen atoms in total. The number of nitrogens with two attached hydrogens (primary N) is 1. The van der Waals surface area contributed by atoms with Crippen molar-refractivity contribution in [2.45, 2.75) is 31.8 Å². The smallest absolute Gasteiger partial charge is 0.269 e. The van der Waals surface area contributed by atoms with Gasteiger partial charge < -0.3 is 5.73 Å². The van der Waals surface area contributed by atoms with Crippen LogP contribution in [0.5, 0.6) is 0 Å². The minimum absolute atomic E-state index is 0. The average Bonchev–Trinajstić information content (AvgIpc) is 2.40. The fourth-order valence-electron chi connectivity index (χ4n) is 2.49. The van der Waals surface area contributed by atoms with Gasteiger partial charge in [0.2, 0.25) is 0 Å². The van der Waals surface area contributed by atoms with Crippen LogP contribution >= 0.6 is 12.4 Å². The Bertz CT molecular complexity index is 411. The van der Waals surface area contributed by atoms with Crippen molar-refractivity contribution in [3.05, 3.63) is 39.9 Å². The summed E-state index contributed by atoms with van der Waals surface area (Å²) < 4.78 is 0. The predicted octanol–water partition coefficient (Wildman–Crippen LogP) is 2.33. The predicted molar refractivity (Wildman–Crippen MR) is 77.4 cm³/mol. The molecule has 1 aliphatic heterocycles. The van der Waals surface area contributed by atoms with Gasteiger partial charge in [-0.2, -0.15) is 0 Å². The molecule has 0 saturated carbocycles. The molecule has 1 aliphatic rings. The number of benzene rings is 1. The van der Waals surface area contributed by atoms with E-state index in [9.17, 15) is 10.1 Å². The Kier molecular flexibility index (Phi) is 6.21. The lowest BCUT2D eigenvalue weighted by atomic mass is 10.0. The number of non-ortho nitro benzene ring substituents is 1. The zero-order chi connectivity index (χ0) is 13.0. The van der Waals surface area contributed by atoms with E-state index in [1.165, 1.54) is 12.8 Å². The summed E-state index contributed by atoms with van der Waals surface area (Å²) in [5.41, 5.74) is 7.04. The standard InChI is InChI=1S/C13H19N3O2.ClH/c14-9-13-3-1-2-8-15(13)10-11-4-6-12(7-5-11)16(17)18;/h4-7,13H,1-3,8-10,14H2;1H. The van der Waals surface area contributed by atoms with Crippen LogP contribution in [0.15, 0.2) is 24.3 Å². The molecule has 0 aromatic heterocycles. The molecule has 0 bridgehead atoms. The molecule has 19 heavy (non-hydrogen) atoms. The maximum atomic E-state index is 10.6. The van der Waals surface area contributed by atoms with Gasteiger partial charge >= 0.3 is 0 Å². The molecule has 1 heterocycles. The van der Waals surface area contributed by atoms with Gasteiger partial charge in [0.05, 0.1) is 4.92 Å². The molecule has 1 atom stereocenters. The molecule has 1 aromatic rings. The molecule has 0 amide bonds. The molecule has 0 radical (unpaired) electrons. The van der Waals surface area contributed by atoms with E-state index in [4.69, 9.17) is 5.73 Å². The summed E-state index contributed by atoms with van der Waals surface area (Å²) in [6, 6.07) is 7.25. The van der Waals surface area contributed by atoms with Crippen LogP contribution in [0.4, 0.5) is 5.69 Å². The first kappa shape index (κ1) is 15.9. The molecule has 1 aromatic carbocycles. The second-order valence-electron chi connectivity index (χ2n) is 4.78. The summed E-state index contributed by atoms with van der Waals surface area (Å²) in [6.45, 7) is 2.59. The topological polar surface area (TPSA) is 72.4 Å². The first-order valence-corrected chi connectivity index (χ1v) is 6.38. The van der Waals surface area contributed by atoms with Gasteiger partial charge in [0, 0.05) is 31.3 Å². The van der Waals surface area contributed by atoms with E-state index in [-0.39, 0.29) is 23.0 Å². The van der Waals surface area contributed by atoms with Gasteiger partial charge in [0.25, 0.3) is 5.69 Å². The zero-order valence-electron chi connectivity index (χ0n) is 10.8. The van der Waals surface area contributed by atoms with Crippen LogP contribution in [0.3, 0.4) is 0 Å². The maximum absolute atomic E-state index is 10.6. The van der Waals surface area contributed by atoms with Crippen molar-refractivity contribution in [1.82, 2.24) is 4.90 Å². The maximum Gasteiger partial charge on any atom is 0.269 e. The van der Waals surface area contributed by atoms with Gasteiger partial charge in [-0.3, -0.25) is 15.0 Å². The van der Waals surface area contributed by atoms with Gasteiger partial charge in [0.15, 0.2) is 0 Å². The van der Waals surface area contributed by atoms with Crippen molar-refractivity contribution >= 4 is 18.1 Å². The first-order chi connectivity index (χ1) is 8.70. The Balaban J connectivity index is 0.00000180. The Morgan fingerprint density at radius 2 is 2.00 bits per heavy atom. The fraction of sp³-hybridized carbons (Fsp3) is 0.538. The second kappa shape index (κ2) is 7.43. The summed E-state index contributed by atoms with van der Waals surface area (Å²) in [5, 5.41) is 10.6. The normalized spacial score (nSPS) is 19.7. The van der Waals surface area contributed by atoms with Crippen LogP contribution in [0, 0.1) is 10.1 Å². The number of hydrogen-bond acceptors (Lipinski definition) is 4. The van der Waals surface area contributed by atoms with E-state index < -0.39 is 0 Å². The minimum Gasteiger partial charge on any atom is -0.329 e. The monoisotopic (exact) mass is 285 g/mol. The second-order valence-corrected chi connectivity index (χ2v) is 4.78. The Hall–Kier alpha value is -1.17. The molecular weight excluding hydrogens is 266 g/mol. The van der Waals surface area contributed by atoms with Crippen LogP contribution in [0.2, 0.25) is 0 Å². The van der Waals surface area contributed by atoms with Crippen LogP contribution in [-0.4, -0.2) is 29.0 Å². The Morgan fingerprint density at radius 3 is 2.58 bits per heavy atom. The quantitative estimate of drug-likeness (QED) is 0.681. The highest BCUT2D eigenvalue weighted by Gasteiger charge is 2.21. The summed E-state index contributed by atoms with van der Waals surface area (Å²) in [6.07, 6.45) is 3.62. The summed E-state index contributed by atoms with van der Waals surface area (Å²) in [7, 11) is 0. The third-order valence-corrected chi connectivity index (χ3v) is 3.55. The third-order valence-electron chi connectivity index (χ3n) is 3.55. The minimum atomic E-state index is -0.368. The lowest BCUT2D eigenvalue weighted by Crippen LogP contribution is -2.43. The van der Waals surface area contributed by atoms with E-state index in [0.717, 1.165) is 25.1 Å². The van der Waals surface area contributed by atoms with E-state index in [1.54, 1.807) is 12.1 Å². The lowest BCUT2D eigenvalue weighted by molar-refractivity contribution is -0.384. The van der Waals surface area contributed by atoms with Crippen molar-refractivity contribution in [2.75, 3.05) is 13.1 Å². The van der Waals surface area contributed by atoms with Crippen molar-refractivity contribution in [2.24, 2.45) is 5.73 Å². The van der Waals surface area contributed by atoms with Gasteiger partial charge in [-0.1, -0.05) is 18.6 Å². The summed E-state index contributed by atoms with van der Waals surface area (Å²) >= 11 is 0. The largest absolute Gasteiger partial charge is 0.329 e. The number of nitro benzene ring substituents is 1. The number of likely N-dealkylation sites (tertiary alicyclic amines) is 1. The van der Waals surface area contributed by atoms with E-state index in [0.29, 0.717) is 12.6 Å². The zero-order valence-corrected chi connectivity index (χ0v) is 11.6. The number of nitrogens with zero attached hydrogens (tertiary/aromatic N) is 2. The van der Waals surface area contributed by atoms with Crippen LogP contribution in [-0.2, 0) is 6.54 Å². The van der Waals surface area contributed by atoms with Gasteiger partial charge in [-0.05, 0) is 24.9 Å². The molecule has 2 rings (SSSR count). The third kappa shape index (κ3) is 4.16. The fourth-order valence-corrected chi connectivity index (χ4v) is 2.49. The van der Waals surface area contributed by atoms with Crippen LogP contribution < -0.4 is 5.73 Å². The van der Waals surface area contributed by atoms with Crippen molar-refractivity contribution < 1.29 is 4.92 Å². The highest BCUT2D eigenvalue weighted by molar-refractivity contribution is 5.85. The highest BCUT2D eigenvalue weighted by Crippen LogP contribution is 2.20. The summed E-state index contributed by atoms with van der Waals surface area (Å²) in [4.78, 5) is 12.6. The average molecular weight is 286 g/mol. The lowest BCUT2D eigenvalue weighted by Gasteiger charge is -2.34. The number of halogens is 1. The van der Waals surface area contributed by atoms with Crippen molar-refractivity contribution in [3.63, 3.8) is 0 Å². The number of piperidine rings is 1. The number of nitro groups is 1. The van der Waals surface area contributed by atoms with E-state index in [1.807, 2.05) is 12.1 Å². The molecule has 1 unspecified atom stereocenters. The van der Waals surface area contributed by atoms with Gasteiger partial charge in [-0.25, -0.2) is 0 Å². The Labute approximate surface area is 119 Å². The van der Waals surface area contributed by atoms with Gasteiger partial charge in [0.1, 0.15) is 0 Å². The molecule has 6 heteroatoms.